The molecule has 0 saturated heterocycles. The van der Waals surface area contributed by atoms with Crippen molar-refractivity contribution >= 4 is 0 Å². The van der Waals surface area contributed by atoms with Crippen LogP contribution in [-0.4, -0.2) is 12.1 Å². The normalized spacial score (nSPS) is 28.8. The third kappa shape index (κ3) is 9.49. The Hall–Kier alpha value is -0.210. The van der Waals surface area contributed by atoms with Crippen LogP contribution in [0.5, 0.6) is 0 Å². The molecule has 2 fully saturated rings. The van der Waals surface area contributed by atoms with Crippen molar-refractivity contribution in [3.8, 4) is 0 Å². The first-order chi connectivity index (χ1) is 7.89. The molecule has 0 bridgehead atoms. The molecule has 0 aromatic heterocycles. The fourth-order valence-electron chi connectivity index (χ4n) is 1.76. The largest absolute Gasteiger partial charge is 0.248 e. The van der Waals surface area contributed by atoms with Crippen LogP contribution in [0.25, 0.3) is 0 Å². The van der Waals surface area contributed by atoms with E-state index in [4.69, 9.17) is 0 Å². The van der Waals surface area contributed by atoms with E-state index in [0.717, 1.165) is 12.8 Å². The highest BCUT2D eigenvalue weighted by atomic mass is 19.3. The topological polar surface area (TPSA) is 0 Å². The molecule has 0 aromatic rings. The van der Waals surface area contributed by atoms with Gasteiger partial charge in [-0.15, -0.1) is 0 Å². The maximum atomic E-state index is 11.8. The zero-order chi connectivity index (χ0) is 14.1. The molecule has 2 saturated carbocycles. The Morgan fingerprint density at radius 2 is 1.18 bits per heavy atom. The van der Waals surface area contributed by atoms with Crippen LogP contribution in [0.1, 0.15) is 67.2 Å². The van der Waals surface area contributed by atoms with Gasteiger partial charge in [0.2, 0.25) is 5.92 Å². The van der Waals surface area contributed by atoms with Crippen molar-refractivity contribution in [2.75, 3.05) is 0 Å². The Bertz CT molecular complexity index is 149. The van der Waals surface area contributed by atoms with Gasteiger partial charge in [-0.25, -0.2) is 13.2 Å². The summed E-state index contributed by atoms with van der Waals surface area (Å²) in [5.41, 5.74) is 0. The molecule has 2 rings (SSSR count). The molecule has 106 valence electrons. The molecule has 2 aliphatic rings. The minimum absolute atomic E-state index is 0.104. The molecule has 0 heterocycles. The molecule has 0 aliphatic heterocycles. The van der Waals surface area contributed by atoms with Crippen LogP contribution in [0, 0.1) is 11.8 Å². The summed E-state index contributed by atoms with van der Waals surface area (Å²) in [5.74, 6) is -1.38. The van der Waals surface area contributed by atoms with Gasteiger partial charge in [0.25, 0.3) is 0 Å². The molecule has 0 atom stereocenters. The highest BCUT2D eigenvalue weighted by molar-refractivity contribution is 4.82. The number of alkyl halides is 3. The Labute approximate surface area is 105 Å². The summed E-state index contributed by atoms with van der Waals surface area (Å²) >= 11 is 0. The second-order valence-electron chi connectivity index (χ2n) is 4.54. The van der Waals surface area contributed by atoms with Crippen LogP contribution < -0.4 is 0 Å². The SMILES string of the molecule is CC.CC.CC1CC(F)(F)C1.CC1CC(F)C1. The monoisotopic (exact) mass is 254 g/mol. The van der Waals surface area contributed by atoms with Crippen molar-refractivity contribution in [2.45, 2.75) is 79.3 Å². The van der Waals surface area contributed by atoms with Crippen molar-refractivity contribution in [2.24, 2.45) is 11.8 Å². The van der Waals surface area contributed by atoms with Crippen LogP contribution >= 0.6 is 0 Å². The summed E-state index contributed by atoms with van der Waals surface area (Å²) < 4.78 is 35.3. The van der Waals surface area contributed by atoms with Gasteiger partial charge < -0.3 is 0 Å². The lowest BCUT2D eigenvalue weighted by molar-refractivity contribution is -0.104. The predicted molar refractivity (Wildman–Crippen MR) is 69.3 cm³/mol. The van der Waals surface area contributed by atoms with E-state index in [1.165, 1.54) is 0 Å². The molecule has 17 heavy (non-hydrogen) atoms. The van der Waals surface area contributed by atoms with E-state index in [-0.39, 0.29) is 18.8 Å². The van der Waals surface area contributed by atoms with Gasteiger partial charge in [0, 0.05) is 12.8 Å². The maximum absolute atomic E-state index is 11.8. The van der Waals surface area contributed by atoms with E-state index >= 15 is 0 Å². The number of hydrogen-bond acceptors (Lipinski definition) is 0. The second kappa shape index (κ2) is 9.78. The van der Waals surface area contributed by atoms with E-state index in [1.807, 2.05) is 34.6 Å². The average molecular weight is 254 g/mol. The number of rotatable bonds is 0. The third-order valence-electron chi connectivity index (χ3n) is 2.61. The van der Waals surface area contributed by atoms with Crippen LogP contribution in [0.2, 0.25) is 0 Å². The van der Waals surface area contributed by atoms with Gasteiger partial charge in [0.1, 0.15) is 6.17 Å². The molecular formula is C14H29F3. The van der Waals surface area contributed by atoms with E-state index < -0.39 is 12.1 Å². The van der Waals surface area contributed by atoms with E-state index in [9.17, 15) is 13.2 Å². The Morgan fingerprint density at radius 1 is 0.824 bits per heavy atom. The first-order valence-electron chi connectivity index (χ1n) is 6.91. The van der Waals surface area contributed by atoms with Crippen molar-refractivity contribution < 1.29 is 13.2 Å². The van der Waals surface area contributed by atoms with E-state index in [2.05, 4.69) is 6.92 Å². The first-order valence-corrected chi connectivity index (χ1v) is 6.91. The summed E-state index contributed by atoms with van der Waals surface area (Å²) in [6, 6.07) is 0. The standard InChI is InChI=1S/C5H8F2.C5H9F.2C2H6/c1-4-2-5(6,7)3-4;1-4-2-5(6)3-4;2*1-2/h4H,2-3H2,1H3;4-5H,2-3H2,1H3;2*1-2H3. The van der Waals surface area contributed by atoms with Gasteiger partial charge in [-0.05, 0) is 24.7 Å². The summed E-state index contributed by atoms with van der Waals surface area (Å²) in [6.45, 7) is 11.9. The van der Waals surface area contributed by atoms with Crippen molar-refractivity contribution in [3.05, 3.63) is 0 Å². The zero-order valence-corrected chi connectivity index (χ0v) is 12.2. The Morgan fingerprint density at radius 3 is 1.18 bits per heavy atom. The summed E-state index contributed by atoms with van der Waals surface area (Å²) in [7, 11) is 0. The molecule has 0 aromatic carbocycles. The quantitative estimate of drug-likeness (QED) is 0.508. The lowest BCUT2D eigenvalue weighted by Gasteiger charge is -2.31. The number of halogens is 3. The molecule has 3 heteroatoms. The fourth-order valence-corrected chi connectivity index (χ4v) is 1.76. The highest BCUT2D eigenvalue weighted by Crippen LogP contribution is 2.41. The lowest BCUT2D eigenvalue weighted by atomic mass is 9.83. The molecule has 0 spiro atoms. The molecule has 2 aliphatic carbocycles. The minimum atomic E-state index is -2.31. The average Bonchev–Trinajstić information content (AvgIpc) is 2.20. The second-order valence-corrected chi connectivity index (χ2v) is 4.54. The Kier molecular flexibility index (Phi) is 11.0. The van der Waals surface area contributed by atoms with Crippen molar-refractivity contribution in [1.29, 1.82) is 0 Å². The molecular weight excluding hydrogens is 225 g/mol. The Balaban J connectivity index is 0. The van der Waals surface area contributed by atoms with Gasteiger partial charge in [-0.1, -0.05) is 41.5 Å². The summed E-state index contributed by atoms with van der Waals surface area (Å²) in [4.78, 5) is 0. The van der Waals surface area contributed by atoms with Crippen LogP contribution in [0.4, 0.5) is 13.2 Å². The predicted octanol–water partition coefficient (Wildman–Crippen LogP) is 5.86. The highest BCUT2D eigenvalue weighted by Gasteiger charge is 2.42. The van der Waals surface area contributed by atoms with Crippen LogP contribution in [0.15, 0.2) is 0 Å². The number of hydrogen-bond donors (Lipinski definition) is 0. The van der Waals surface area contributed by atoms with Gasteiger partial charge in [-0.2, -0.15) is 0 Å². The third-order valence-corrected chi connectivity index (χ3v) is 2.61. The van der Waals surface area contributed by atoms with Crippen LogP contribution in [-0.2, 0) is 0 Å². The zero-order valence-electron chi connectivity index (χ0n) is 12.2. The molecule has 0 radical (unpaired) electrons. The van der Waals surface area contributed by atoms with Crippen molar-refractivity contribution in [1.82, 2.24) is 0 Å². The molecule has 0 amide bonds. The lowest BCUT2D eigenvalue weighted by Crippen LogP contribution is -2.33. The van der Waals surface area contributed by atoms with Gasteiger partial charge in [0.15, 0.2) is 0 Å². The van der Waals surface area contributed by atoms with E-state index in [0.29, 0.717) is 5.92 Å². The minimum Gasteiger partial charge on any atom is -0.247 e. The maximum Gasteiger partial charge on any atom is 0.248 e. The summed E-state index contributed by atoms with van der Waals surface area (Å²) in [5, 5.41) is 0. The van der Waals surface area contributed by atoms with E-state index in [1.54, 1.807) is 0 Å². The first kappa shape index (κ1) is 19.1. The van der Waals surface area contributed by atoms with Gasteiger partial charge >= 0.3 is 0 Å². The van der Waals surface area contributed by atoms with Crippen LogP contribution in [0.3, 0.4) is 0 Å². The van der Waals surface area contributed by atoms with Crippen molar-refractivity contribution in [3.63, 3.8) is 0 Å². The molecule has 0 unspecified atom stereocenters. The molecule has 0 N–H and O–H groups in total. The van der Waals surface area contributed by atoms with Gasteiger partial charge in [-0.3, -0.25) is 0 Å². The smallest absolute Gasteiger partial charge is 0.247 e. The van der Waals surface area contributed by atoms with Gasteiger partial charge in [0.05, 0.1) is 0 Å². The molecule has 0 nitrogen and oxygen atoms in total. The fraction of sp³-hybridized carbons (Fsp3) is 1.00. The summed E-state index contributed by atoms with van der Waals surface area (Å²) in [6.07, 6.45) is 1.36.